The molecule has 2 aromatic heterocycles. The van der Waals surface area contributed by atoms with Crippen molar-refractivity contribution in [3.05, 3.63) is 11.7 Å². The first kappa shape index (κ1) is 9.64. The number of nitrogens with zero attached hydrogens (tertiary/aromatic N) is 4. The monoisotopic (exact) mass is 238 g/mol. The van der Waals surface area contributed by atoms with Gasteiger partial charge in [0.15, 0.2) is 5.82 Å². The summed E-state index contributed by atoms with van der Waals surface area (Å²) in [5, 5.41) is 11.0. The number of hydrogen-bond acceptors (Lipinski definition) is 7. The maximum Gasteiger partial charge on any atom is 0.237 e. The number of nitrogens with two attached hydrogens (primary N) is 1. The highest BCUT2D eigenvalue weighted by atomic mass is 32.2. The molecular formula is C8H10N6OS. The predicted molar refractivity (Wildman–Crippen MR) is 56.6 cm³/mol. The number of aromatic nitrogens is 5. The Kier molecular flexibility index (Phi) is 2.28. The molecule has 1 saturated carbocycles. The summed E-state index contributed by atoms with van der Waals surface area (Å²) in [4.78, 5) is 8.26. The van der Waals surface area contributed by atoms with Crippen molar-refractivity contribution in [2.24, 2.45) is 0 Å². The van der Waals surface area contributed by atoms with Gasteiger partial charge >= 0.3 is 0 Å². The second-order valence-corrected chi connectivity index (χ2v) is 4.55. The highest BCUT2D eigenvalue weighted by Crippen LogP contribution is 2.38. The van der Waals surface area contributed by atoms with Crippen LogP contribution in [0.15, 0.2) is 9.68 Å². The zero-order chi connectivity index (χ0) is 11.0. The molecule has 0 saturated heterocycles. The summed E-state index contributed by atoms with van der Waals surface area (Å²) < 4.78 is 5.12. The minimum absolute atomic E-state index is 0.312. The average molecular weight is 238 g/mol. The van der Waals surface area contributed by atoms with Crippen molar-refractivity contribution >= 4 is 17.7 Å². The van der Waals surface area contributed by atoms with Gasteiger partial charge in [-0.25, -0.2) is 5.10 Å². The molecule has 0 aromatic carbocycles. The molecular weight excluding hydrogens is 228 g/mol. The van der Waals surface area contributed by atoms with Gasteiger partial charge in [-0.2, -0.15) is 9.97 Å². The van der Waals surface area contributed by atoms with E-state index in [1.165, 1.54) is 24.6 Å². The van der Waals surface area contributed by atoms with Crippen molar-refractivity contribution in [3.63, 3.8) is 0 Å². The third kappa shape index (κ3) is 2.01. The molecule has 3 rings (SSSR count). The molecule has 2 heterocycles. The molecule has 0 bridgehead atoms. The van der Waals surface area contributed by atoms with Crippen molar-refractivity contribution in [1.82, 2.24) is 25.3 Å². The van der Waals surface area contributed by atoms with Crippen molar-refractivity contribution in [2.45, 2.75) is 29.7 Å². The fourth-order valence-corrected chi connectivity index (χ4v) is 1.93. The third-order valence-corrected chi connectivity index (χ3v) is 3.07. The van der Waals surface area contributed by atoms with Crippen molar-refractivity contribution in [2.75, 3.05) is 5.73 Å². The highest BCUT2D eigenvalue weighted by molar-refractivity contribution is 7.98. The fourth-order valence-electron chi connectivity index (χ4n) is 1.28. The van der Waals surface area contributed by atoms with E-state index in [1.54, 1.807) is 0 Å². The van der Waals surface area contributed by atoms with Gasteiger partial charge in [-0.15, -0.1) is 5.10 Å². The smallest absolute Gasteiger partial charge is 0.237 e. The third-order valence-electron chi connectivity index (χ3n) is 2.23. The van der Waals surface area contributed by atoms with Crippen molar-refractivity contribution < 1.29 is 4.52 Å². The van der Waals surface area contributed by atoms with E-state index in [0.29, 0.717) is 28.7 Å². The average Bonchev–Trinajstić information content (AvgIpc) is 2.87. The fraction of sp³-hybridized carbons (Fsp3) is 0.500. The van der Waals surface area contributed by atoms with E-state index in [-0.39, 0.29) is 0 Å². The van der Waals surface area contributed by atoms with Crippen LogP contribution < -0.4 is 5.73 Å². The first-order chi connectivity index (χ1) is 7.81. The maximum atomic E-state index is 5.41. The van der Waals surface area contributed by atoms with Crippen LogP contribution in [-0.2, 0) is 5.75 Å². The Hall–Kier alpha value is -1.57. The molecule has 0 unspecified atom stereocenters. The van der Waals surface area contributed by atoms with Crippen molar-refractivity contribution in [3.8, 4) is 0 Å². The van der Waals surface area contributed by atoms with Gasteiger partial charge in [-0.05, 0) is 12.8 Å². The zero-order valence-corrected chi connectivity index (χ0v) is 9.20. The Labute approximate surface area is 95.2 Å². The molecule has 0 radical (unpaired) electrons. The van der Waals surface area contributed by atoms with E-state index in [1.807, 2.05) is 0 Å². The zero-order valence-electron chi connectivity index (χ0n) is 8.38. The van der Waals surface area contributed by atoms with Crippen LogP contribution in [0.5, 0.6) is 0 Å². The van der Waals surface area contributed by atoms with Crippen LogP contribution in [0.3, 0.4) is 0 Å². The summed E-state index contributed by atoms with van der Waals surface area (Å²) in [5.41, 5.74) is 5.41. The minimum atomic E-state index is 0.312. The standard InChI is InChI=1S/C8H10N6OS/c9-7-11-8(13-12-7)16-3-5-10-6(14-15-5)4-1-2-4/h4H,1-3H2,(H3,9,11,12,13). The SMILES string of the molecule is Nc1nc(SCc2nc(C3CC3)no2)n[nH]1. The van der Waals surface area contributed by atoms with Gasteiger partial charge in [0, 0.05) is 5.92 Å². The van der Waals surface area contributed by atoms with Crippen molar-refractivity contribution in [1.29, 1.82) is 0 Å². The van der Waals surface area contributed by atoms with Gasteiger partial charge in [-0.3, -0.25) is 0 Å². The number of rotatable bonds is 4. The Morgan fingerprint density at radius 2 is 2.31 bits per heavy atom. The van der Waals surface area contributed by atoms with Crippen LogP contribution in [0.2, 0.25) is 0 Å². The predicted octanol–water partition coefficient (Wildman–Crippen LogP) is 0.940. The lowest BCUT2D eigenvalue weighted by Gasteiger charge is -1.88. The lowest BCUT2D eigenvalue weighted by molar-refractivity contribution is 0.385. The summed E-state index contributed by atoms with van der Waals surface area (Å²) in [7, 11) is 0. The van der Waals surface area contributed by atoms with E-state index >= 15 is 0 Å². The molecule has 1 aliphatic carbocycles. The molecule has 0 spiro atoms. The number of nitrogens with one attached hydrogen (secondary N) is 1. The number of aromatic amines is 1. The minimum Gasteiger partial charge on any atom is -0.368 e. The number of anilines is 1. The van der Waals surface area contributed by atoms with E-state index in [0.717, 1.165) is 5.82 Å². The quantitative estimate of drug-likeness (QED) is 0.763. The maximum absolute atomic E-state index is 5.41. The van der Waals surface area contributed by atoms with Crippen LogP contribution in [0.4, 0.5) is 5.95 Å². The molecule has 16 heavy (non-hydrogen) atoms. The van der Waals surface area contributed by atoms with E-state index in [9.17, 15) is 0 Å². The lowest BCUT2D eigenvalue weighted by Crippen LogP contribution is -1.86. The topological polar surface area (TPSA) is 107 Å². The second-order valence-electron chi connectivity index (χ2n) is 3.61. The molecule has 7 nitrogen and oxygen atoms in total. The van der Waals surface area contributed by atoms with Crippen LogP contribution >= 0.6 is 11.8 Å². The summed E-state index contributed by atoms with van der Waals surface area (Å²) >= 11 is 1.41. The molecule has 8 heteroatoms. The first-order valence-corrected chi connectivity index (χ1v) is 5.93. The van der Waals surface area contributed by atoms with Gasteiger partial charge in [0.05, 0.1) is 5.75 Å². The van der Waals surface area contributed by atoms with E-state index < -0.39 is 0 Å². The van der Waals surface area contributed by atoms with E-state index in [4.69, 9.17) is 10.3 Å². The van der Waals surface area contributed by atoms with Crippen LogP contribution in [0.25, 0.3) is 0 Å². The molecule has 0 atom stereocenters. The molecule has 84 valence electrons. The molecule has 0 aliphatic heterocycles. The Morgan fingerprint density at radius 3 is 3.00 bits per heavy atom. The number of H-pyrrole nitrogens is 1. The van der Waals surface area contributed by atoms with Gasteiger partial charge in [0.2, 0.25) is 17.0 Å². The van der Waals surface area contributed by atoms with E-state index in [2.05, 4.69) is 25.3 Å². The number of hydrogen-bond donors (Lipinski definition) is 2. The van der Waals surface area contributed by atoms with Gasteiger partial charge in [0.25, 0.3) is 0 Å². The normalized spacial score (nSPS) is 15.5. The number of nitrogen functional groups attached to an aromatic ring is 1. The highest BCUT2D eigenvalue weighted by Gasteiger charge is 2.28. The van der Waals surface area contributed by atoms with Crippen LogP contribution in [-0.4, -0.2) is 25.3 Å². The Balaban J connectivity index is 1.61. The molecule has 0 amide bonds. The summed E-state index contributed by atoms with van der Waals surface area (Å²) in [6.45, 7) is 0. The van der Waals surface area contributed by atoms with Crippen LogP contribution in [0, 0.1) is 0 Å². The summed E-state index contributed by atoms with van der Waals surface area (Å²) in [5.74, 6) is 2.82. The number of thioether (sulfide) groups is 1. The summed E-state index contributed by atoms with van der Waals surface area (Å²) in [6, 6.07) is 0. The molecule has 3 N–H and O–H groups in total. The van der Waals surface area contributed by atoms with Gasteiger partial charge < -0.3 is 10.3 Å². The molecule has 2 aromatic rings. The first-order valence-electron chi connectivity index (χ1n) is 4.94. The molecule has 1 fully saturated rings. The summed E-state index contributed by atoms with van der Waals surface area (Å²) in [6.07, 6.45) is 2.34. The Morgan fingerprint density at radius 1 is 1.44 bits per heavy atom. The largest absolute Gasteiger partial charge is 0.368 e. The second kappa shape index (κ2) is 3.78. The van der Waals surface area contributed by atoms with Crippen LogP contribution in [0.1, 0.15) is 30.5 Å². The lowest BCUT2D eigenvalue weighted by atomic mass is 10.4. The van der Waals surface area contributed by atoms with Gasteiger partial charge in [0.1, 0.15) is 0 Å². The van der Waals surface area contributed by atoms with Gasteiger partial charge in [-0.1, -0.05) is 16.9 Å². The Bertz CT molecular complexity index is 490. The molecule has 1 aliphatic rings.